The Bertz CT molecular complexity index is 625. The Kier molecular flexibility index (Phi) is 5.67. The minimum atomic E-state index is -0.787. The van der Waals surface area contributed by atoms with Crippen molar-refractivity contribution in [1.82, 2.24) is 10.2 Å². The first-order valence-electron chi connectivity index (χ1n) is 9.40. The maximum absolute atomic E-state index is 13.0. The van der Waals surface area contributed by atoms with Crippen LogP contribution in [0.3, 0.4) is 0 Å². The molecule has 2 aliphatic rings. The van der Waals surface area contributed by atoms with Gasteiger partial charge in [-0.05, 0) is 62.6 Å². The van der Waals surface area contributed by atoms with Crippen LogP contribution in [0.4, 0.5) is 0 Å². The minimum Gasteiger partial charge on any atom is -0.355 e. The molecule has 1 N–H and O–H groups in total. The number of hydrogen-bond acceptors (Lipinski definition) is 2. The second-order valence-corrected chi connectivity index (χ2v) is 7.71. The smallest absolute Gasteiger partial charge is 0.238 e. The molecular weight excluding hydrogens is 336 g/mol. The summed E-state index contributed by atoms with van der Waals surface area (Å²) in [6, 6.07) is 7.94. The number of hydrogen-bond donors (Lipinski definition) is 1. The lowest BCUT2D eigenvalue weighted by Gasteiger charge is -2.37. The number of likely N-dealkylation sites (tertiary alicyclic amines) is 1. The largest absolute Gasteiger partial charge is 0.355 e. The van der Waals surface area contributed by atoms with E-state index in [0.29, 0.717) is 30.5 Å². The van der Waals surface area contributed by atoms with Crippen LogP contribution in [-0.4, -0.2) is 35.8 Å². The molecule has 3 rings (SSSR count). The summed E-state index contributed by atoms with van der Waals surface area (Å²) >= 11 is 5.88. The lowest BCUT2D eigenvalue weighted by molar-refractivity contribution is -0.147. The number of rotatable bonds is 6. The highest BCUT2D eigenvalue weighted by atomic mass is 35.5. The van der Waals surface area contributed by atoms with E-state index in [1.165, 1.54) is 6.42 Å². The quantitative estimate of drug-likeness (QED) is 0.786. The summed E-state index contributed by atoms with van der Waals surface area (Å²) in [5, 5.41) is 3.69. The van der Waals surface area contributed by atoms with Crippen LogP contribution in [0.1, 0.15) is 51.0 Å². The van der Waals surface area contributed by atoms with E-state index in [4.69, 9.17) is 11.6 Å². The number of halogens is 1. The van der Waals surface area contributed by atoms with Crippen molar-refractivity contribution in [2.75, 3.05) is 13.1 Å². The Morgan fingerprint density at radius 1 is 1.24 bits per heavy atom. The average Bonchev–Trinajstić information content (AvgIpc) is 3.44. The maximum Gasteiger partial charge on any atom is 0.238 e. The molecule has 1 atom stereocenters. The summed E-state index contributed by atoms with van der Waals surface area (Å²) in [5.41, 5.74) is 0.341. The van der Waals surface area contributed by atoms with Gasteiger partial charge in [-0.3, -0.25) is 9.59 Å². The van der Waals surface area contributed by atoms with E-state index < -0.39 is 5.41 Å². The number of amides is 2. The van der Waals surface area contributed by atoms with Gasteiger partial charge >= 0.3 is 0 Å². The van der Waals surface area contributed by atoms with Crippen molar-refractivity contribution in [1.29, 1.82) is 0 Å². The molecule has 0 radical (unpaired) electrons. The van der Waals surface area contributed by atoms with E-state index in [0.717, 1.165) is 37.8 Å². The molecule has 2 amide bonds. The summed E-state index contributed by atoms with van der Waals surface area (Å²) in [5.74, 6) is -0.0325. The standard InChI is InChI=1S/C20H27ClN2O2/c1-2-17-5-3-4-14-23(17)19(25)20(11-12-20)18(24)22-13-10-15-6-8-16(21)9-7-15/h6-9,17H,2-5,10-14H2,1H3,(H,22,24). The first kappa shape index (κ1) is 18.2. The SMILES string of the molecule is CCC1CCCCN1C(=O)C1(C(=O)NCCc2ccc(Cl)cc2)CC1. The Hall–Kier alpha value is -1.55. The summed E-state index contributed by atoms with van der Waals surface area (Å²) in [6.45, 7) is 3.48. The second kappa shape index (κ2) is 7.77. The topological polar surface area (TPSA) is 49.4 Å². The molecule has 1 aromatic rings. The van der Waals surface area contributed by atoms with Crippen molar-refractivity contribution in [2.45, 2.75) is 57.9 Å². The fourth-order valence-corrected chi connectivity index (χ4v) is 3.90. The summed E-state index contributed by atoms with van der Waals surface area (Å²) in [7, 11) is 0. The Morgan fingerprint density at radius 3 is 2.60 bits per heavy atom. The molecule has 5 heteroatoms. The highest BCUT2D eigenvalue weighted by molar-refractivity contribution is 6.30. The lowest BCUT2D eigenvalue weighted by Crippen LogP contribution is -2.51. The normalized spacial score (nSPS) is 21.7. The monoisotopic (exact) mass is 362 g/mol. The van der Waals surface area contributed by atoms with Gasteiger partial charge in [0.2, 0.25) is 11.8 Å². The van der Waals surface area contributed by atoms with E-state index in [1.54, 1.807) is 0 Å². The van der Waals surface area contributed by atoms with Crippen molar-refractivity contribution < 1.29 is 9.59 Å². The van der Waals surface area contributed by atoms with Crippen molar-refractivity contribution in [3.05, 3.63) is 34.9 Å². The fraction of sp³-hybridized carbons (Fsp3) is 0.600. The van der Waals surface area contributed by atoms with Crippen molar-refractivity contribution >= 4 is 23.4 Å². The van der Waals surface area contributed by atoms with Gasteiger partial charge in [-0.1, -0.05) is 30.7 Å². The van der Waals surface area contributed by atoms with Crippen LogP contribution in [0.2, 0.25) is 5.02 Å². The maximum atomic E-state index is 13.0. The number of nitrogens with one attached hydrogen (secondary N) is 1. The van der Waals surface area contributed by atoms with Crippen molar-refractivity contribution in [3.63, 3.8) is 0 Å². The van der Waals surface area contributed by atoms with Gasteiger partial charge in [0.25, 0.3) is 0 Å². The zero-order valence-corrected chi connectivity index (χ0v) is 15.6. The Labute approximate surface area is 154 Å². The third-order valence-corrected chi connectivity index (χ3v) is 5.82. The molecule has 1 saturated carbocycles. The molecular formula is C20H27ClN2O2. The minimum absolute atomic E-state index is 0.0584. The summed E-state index contributed by atoms with van der Waals surface area (Å²) < 4.78 is 0. The van der Waals surface area contributed by atoms with Crippen LogP contribution < -0.4 is 5.32 Å². The van der Waals surface area contributed by atoms with E-state index in [1.807, 2.05) is 29.2 Å². The average molecular weight is 363 g/mol. The van der Waals surface area contributed by atoms with Gasteiger partial charge in [-0.2, -0.15) is 0 Å². The molecule has 1 heterocycles. The highest BCUT2D eigenvalue weighted by Crippen LogP contribution is 2.48. The third-order valence-electron chi connectivity index (χ3n) is 5.57. The Morgan fingerprint density at radius 2 is 1.96 bits per heavy atom. The molecule has 0 aromatic heterocycles. The second-order valence-electron chi connectivity index (χ2n) is 7.27. The predicted octanol–water partition coefficient (Wildman–Crippen LogP) is 3.57. The zero-order valence-electron chi connectivity index (χ0n) is 14.9. The summed E-state index contributed by atoms with van der Waals surface area (Å²) in [4.78, 5) is 27.7. The molecule has 1 aliphatic heterocycles. The number of piperidine rings is 1. The first-order chi connectivity index (χ1) is 12.1. The van der Waals surface area contributed by atoms with E-state index in [-0.39, 0.29) is 11.8 Å². The van der Waals surface area contributed by atoms with Crippen LogP contribution in [0, 0.1) is 5.41 Å². The number of carbonyl (C=O) groups excluding carboxylic acids is 2. The number of benzene rings is 1. The first-order valence-corrected chi connectivity index (χ1v) is 9.78. The molecule has 1 aliphatic carbocycles. The summed E-state index contributed by atoms with van der Waals surface area (Å²) in [6.07, 6.45) is 6.39. The molecule has 1 aromatic carbocycles. The van der Waals surface area contributed by atoms with Crippen molar-refractivity contribution in [2.24, 2.45) is 5.41 Å². The van der Waals surface area contributed by atoms with E-state index in [9.17, 15) is 9.59 Å². The Balaban J connectivity index is 1.55. The van der Waals surface area contributed by atoms with Crippen LogP contribution in [-0.2, 0) is 16.0 Å². The molecule has 136 valence electrons. The highest BCUT2D eigenvalue weighted by Gasteiger charge is 2.58. The molecule has 0 bridgehead atoms. The van der Waals surface area contributed by atoms with Gasteiger partial charge < -0.3 is 10.2 Å². The molecule has 25 heavy (non-hydrogen) atoms. The zero-order chi connectivity index (χ0) is 17.9. The van der Waals surface area contributed by atoms with Gasteiger partial charge in [-0.15, -0.1) is 0 Å². The lowest BCUT2D eigenvalue weighted by atomic mass is 9.95. The van der Waals surface area contributed by atoms with Crippen LogP contribution in [0.5, 0.6) is 0 Å². The molecule has 1 saturated heterocycles. The number of nitrogens with zero attached hydrogens (tertiary/aromatic N) is 1. The number of carbonyl (C=O) groups is 2. The van der Waals surface area contributed by atoms with Gasteiger partial charge in [0.1, 0.15) is 5.41 Å². The molecule has 4 nitrogen and oxygen atoms in total. The van der Waals surface area contributed by atoms with Crippen LogP contribution >= 0.6 is 11.6 Å². The van der Waals surface area contributed by atoms with Crippen LogP contribution in [0.25, 0.3) is 0 Å². The predicted molar refractivity (Wildman–Crippen MR) is 99.5 cm³/mol. The molecule has 1 unspecified atom stereocenters. The van der Waals surface area contributed by atoms with E-state index >= 15 is 0 Å². The van der Waals surface area contributed by atoms with E-state index in [2.05, 4.69) is 12.2 Å². The van der Waals surface area contributed by atoms with Gasteiger partial charge in [0, 0.05) is 24.2 Å². The molecule has 2 fully saturated rings. The van der Waals surface area contributed by atoms with Crippen molar-refractivity contribution in [3.8, 4) is 0 Å². The van der Waals surface area contributed by atoms with Gasteiger partial charge in [0.05, 0.1) is 0 Å². The molecule has 0 spiro atoms. The van der Waals surface area contributed by atoms with Gasteiger partial charge in [0.15, 0.2) is 0 Å². The van der Waals surface area contributed by atoms with Gasteiger partial charge in [-0.25, -0.2) is 0 Å². The van der Waals surface area contributed by atoms with Crippen LogP contribution in [0.15, 0.2) is 24.3 Å². The fourth-order valence-electron chi connectivity index (χ4n) is 3.77. The third kappa shape index (κ3) is 4.00.